The summed E-state index contributed by atoms with van der Waals surface area (Å²) in [7, 11) is 1.29. The Bertz CT molecular complexity index is 1360. The summed E-state index contributed by atoms with van der Waals surface area (Å²) < 4.78 is 23.5. The molecule has 0 saturated heterocycles. The van der Waals surface area contributed by atoms with Crippen molar-refractivity contribution in [3.8, 4) is 0 Å². The molecular weight excluding hydrogens is 1040 g/mol. The quantitative estimate of drug-likeness (QED) is 0.0272. The van der Waals surface area contributed by atoms with E-state index < -0.39 is 20.0 Å². The number of phosphoric ester groups is 1. The largest absolute Gasteiger partial charge is 0.756 e. The van der Waals surface area contributed by atoms with Crippen LogP contribution in [0.2, 0.25) is 0 Å². The van der Waals surface area contributed by atoms with Crippen molar-refractivity contribution in [3.05, 3.63) is 12.2 Å². The lowest BCUT2D eigenvalue weighted by atomic mass is 10.0. The molecule has 0 radical (unpaired) electrons. The highest BCUT2D eigenvalue weighted by atomic mass is 31.2. The average Bonchev–Trinajstić information content (AvgIpc) is 3.50. The van der Waals surface area contributed by atoms with Crippen molar-refractivity contribution >= 4 is 13.7 Å². The number of nitrogens with zero attached hydrogens (tertiary/aromatic N) is 1. The lowest BCUT2D eigenvalue weighted by Crippen LogP contribution is -2.45. The smallest absolute Gasteiger partial charge is 0.268 e. The summed E-state index contributed by atoms with van der Waals surface area (Å²) in [6.07, 6.45) is 85.1. The zero-order valence-corrected chi connectivity index (χ0v) is 57.8. The molecule has 0 aliphatic heterocycles. The third-order valence-corrected chi connectivity index (χ3v) is 18.7. The number of phosphoric acid groups is 1. The molecule has 0 aromatic carbocycles. The van der Waals surface area contributed by atoms with Crippen molar-refractivity contribution < 1.29 is 32.9 Å². The second-order valence-corrected chi connectivity index (χ2v) is 28.8. The standard InChI is InChI=1S/C74H149N2O6P/c1-6-8-10-12-14-16-18-20-22-24-26-28-30-31-32-33-34-35-36-37-38-39-40-41-42-43-44-45-46-48-50-52-54-56-58-60-62-64-66-68-74(78)75-72(71-82-83(79,80)81-70-69-76(3,4)5)73(77)67-65-63-61-59-57-55-53-51-49-47-29-27-25-23-21-19-17-15-13-11-9-7-2/h65,67,72-73,77H,6-64,66,68-71H2,1-5H3,(H-,75,78,79,80)/b67-65+. The number of carbonyl (C=O) groups excluding carboxylic acids is 1. The molecule has 0 aromatic heterocycles. The number of nitrogens with one attached hydrogen (secondary N) is 1. The van der Waals surface area contributed by atoms with Gasteiger partial charge in [0.1, 0.15) is 13.2 Å². The first-order valence-electron chi connectivity index (χ1n) is 37.6. The van der Waals surface area contributed by atoms with Crippen LogP contribution in [0, 0.1) is 0 Å². The first-order chi connectivity index (χ1) is 40.5. The summed E-state index contributed by atoms with van der Waals surface area (Å²) in [5, 5.41) is 14.0. The third-order valence-electron chi connectivity index (χ3n) is 17.7. The summed E-state index contributed by atoms with van der Waals surface area (Å²) in [4.78, 5) is 25.6. The van der Waals surface area contributed by atoms with Crippen LogP contribution in [0.4, 0.5) is 0 Å². The number of aliphatic hydroxyl groups excluding tert-OH is 1. The highest BCUT2D eigenvalue weighted by Crippen LogP contribution is 2.38. The van der Waals surface area contributed by atoms with Crippen LogP contribution in [-0.4, -0.2) is 68.5 Å². The van der Waals surface area contributed by atoms with Crippen molar-refractivity contribution in [2.24, 2.45) is 0 Å². The van der Waals surface area contributed by atoms with E-state index in [1.165, 1.54) is 347 Å². The molecule has 0 spiro atoms. The molecule has 3 unspecified atom stereocenters. The molecule has 2 N–H and O–H groups in total. The van der Waals surface area contributed by atoms with Gasteiger partial charge in [-0.2, -0.15) is 0 Å². The fourth-order valence-electron chi connectivity index (χ4n) is 11.9. The van der Waals surface area contributed by atoms with Crippen molar-refractivity contribution in [1.82, 2.24) is 5.32 Å². The number of allylic oxidation sites excluding steroid dienone is 1. The van der Waals surface area contributed by atoms with Crippen LogP contribution in [0.25, 0.3) is 0 Å². The van der Waals surface area contributed by atoms with Crippen LogP contribution >= 0.6 is 7.82 Å². The average molecular weight is 1190 g/mol. The van der Waals surface area contributed by atoms with E-state index in [9.17, 15) is 19.4 Å². The van der Waals surface area contributed by atoms with Gasteiger partial charge >= 0.3 is 0 Å². The van der Waals surface area contributed by atoms with Gasteiger partial charge in [-0.05, 0) is 19.3 Å². The summed E-state index contributed by atoms with van der Waals surface area (Å²) in [6.45, 7) is 4.72. The Morgan fingerprint density at radius 1 is 0.410 bits per heavy atom. The Labute approximate surface area is 520 Å². The molecule has 0 bridgehead atoms. The maximum atomic E-state index is 13.0. The van der Waals surface area contributed by atoms with Crippen molar-refractivity contribution in [3.63, 3.8) is 0 Å². The van der Waals surface area contributed by atoms with Crippen LogP contribution < -0.4 is 10.2 Å². The predicted molar refractivity (Wildman–Crippen MR) is 362 cm³/mol. The predicted octanol–water partition coefficient (Wildman–Crippen LogP) is 23.4. The van der Waals surface area contributed by atoms with Crippen LogP contribution in [0.5, 0.6) is 0 Å². The SMILES string of the molecule is CCCCCCCCCCCCCCCCCCCCCC/C=C/C(O)C(COP(=O)([O-])OCC[N+](C)(C)C)NC(=O)CCCCCCCCCCCCCCCCCCCCCCCCCCCCCCCCCCCCCCCCC. The van der Waals surface area contributed by atoms with E-state index in [4.69, 9.17) is 9.05 Å². The second-order valence-electron chi connectivity index (χ2n) is 27.4. The fourth-order valence-corrected chi connectivity index (χ4v) is 12.6. The molecular formula is C74H149N2O6P. The van der Waals surface area contributed by atoms with Gasteiger partial charge in [0.15, 0.2) is 0 Å². The van der Waals surface area contributed by atoms with Gasteiger partial charge in [-0.3, -0.25) is 9.36 Å². The van der Waals surface area contributed by atoms with Crippen LogP contribution in [-0.2, 0) is 18.4 Å². The minimum atomic E-state index is -4.60. The lowest BCUT2D eigenvalue weighted by Gasteiger charge is -2.29. The zero-order chi connectivity index (χ0) is 60.5. The Morgan fingerprint density at radius 3 is 0.904 bits per heavy atom. The second kappa shape index (κ2) is 65.7. The fraction of sp³-hybridized carbons (Fsp3) is 0.959. The van der Waals surface area contributed by atoms with Gasteiger partial charge in [-0.15, -0.1) is 0 Å². The van der Waals surface area contributed by atoms with Gasteiger partial charge in [0.05, 0.1) is 39.9 Å². The first kappa shape index (κ1) is 82.2. The number of likely N-dealkylation sites (N-methyl/N-ethyl adjacent to an activating group) is 1. The minimum absolute atomic E-state index is 0.00300. The normalized spacial score (nSPS) is 13.6. The van der Waals surface area contributed by atoms with E-state index in [2.05, 4.69) is 19.2 Å². The summed E-state index contributed by atoms with van der Waals surface area (Å²) in [6, 6.07) is -0.884. The monoisotopic (exact) mass is 1190 g/mol. The number of hydrogen-bond acceptors (Lipinski definition) is 6. The molecule has 9 heteroatoms. The van der Waals surface area contributed by atoms with Gasteiger partial charge in [0.25, 0.3) is 7.82 Å². The maximum absolute atomic E-state index is 13.0. The van der Waals surface area contributed by atoms with Crippen LogP contribution in [0.3, 0.4) is 0 Å². The lowest BCUT2D eigenvalue weighted by molar-refractivity contribution is -0.870. The summed E-state index contributed by atoms with van der Waals surface area (Å²) in [5.74, 6) is -0.187. The van der Waals surface area contributed by atoms with E-state index in [1.54, 1.807) is 6.08 Å². The van der Waals surface area contributed by atoms with Crippen molar-refractivity contribution in [2.45, 2.75) is 418 Å². The van der Waals surface area contributed by atoms with Gasteiger partial charge in [-0.1, -0.05) is 392 Å². The van der Waals surface area contributed by atoms with Gasteiger partial charge in [-0.25, -0.2) is 0 Å². The van der Waals surface area contributed by atoms with Gasteiger partial charge in [0.2, 0.25) is 5.91 Å². The number of quaternary nitrogens is 1. The van der Waals surface area contributed by atoms with E-state index in [0.717, 1.165) is 38.5 Å². The van der Waals surface area contributed by atoms with Gasteiger partial charge in [0, 0.05) is 6.42 Å². The highest BCUT2D eigenvalue weighted by Gasteiger charge is 2.23. The topological polar surface area (TPSA) is 108 Å². The Morgan fingerprint density at radius 2 is 0.651 bits per heavy atom. The highest BCUT2D eigenvalue weighted by molar-refractivity contribution is 7.45. The van der Waals surface area contributed by atoms with Crippen molar-refractivity contribution in [2.75, 3.05) is 40.9 Å². The molecule has 0 rings (SSSR count). The number of hydrogen-bond donors (Lipinski definition) is 2. The molecule has 0 aliphatic carbocycles. The summed E-state index contributed by atoms with van der Waals surface area (Å²) >= 11 is 0. The van der Waals surface area contributed by atoms with E-state index in [1.807, 2.05) is 27.2 Å². The summed E-state index contributed by atoms with van der Waals surface area (Å²) in [5.41, 5.74) is 0. The van der Waals surface area contributed by atoms with Crippen molar-refractivity contribution in [1.29, 1.82) is 0 Å². The van der Waals surface area contributed by atoms with E-state index >= 15 is 0 Å². The van der Waals surface area contributed by atoms with E-state index in [0.29, 0.717) is 17.4 Å². The molecule has 3 atom stereocenters. The van der Waals surface area contributed by atoms with Crippen LogP contribution in [0.1, 0.15) is 406 Å². The molecule has 0 heterocycles. The molecule has 1 amide bonds. The number of rotatable bonds is 71. The number of carbonyl (C=O) groups is 1. The molecule has 0 aliphatic rings. The Hall–Kier alpha value is -0.760. The molecule has 496 valence electrons. The molecule has 8 nitrogen and oxygen atoms in total. The maximum Gasteiger partial charge on any atom is 0.268 e. The Balaban J connectivity index is 3.89. The van der Waals surface area contributed by atoms with E-state index in [-0.39, 0.29) is 19.1 Å². The number of amides is 1. The molecule has 0 fully saturated rings. The van der Waals surface area contributed by atoms with Crippen LogP contribution in [0.15, 0.2) is 12.2 Å². The zero-order valence-electron chi connectivity index (χ0n) is 56.9. The first-order valence-corrected chi connectivity index (χ1v) is 39.0. The molecule has 83 heavy (non-hydrogen) atoms. The molecule has 0 saturated carbocycles. The molecule has 0 aromatic rings. The minimum Gasteiger partial charge on any atom is -0.756 e. The van der Waals surface area contributed by atoms with Gasteiger partial charge < -0.3 is 28.8 Å². The number of aliphatic hydroxyl groups is 1. The number of unbranched alkanes of at least 4 members (excludes halogenated alkanes) is 58. The third kappa shape index (κ3) is 68.6. The Kier molecular flexibility index (Phi) is 65.1.